The maximum Gasteiger partial charge on any atom is 0.0101 e. The van der Waals surface area contributed by atoms with E-state index in [-0.39, 0.29) is 0 Å². The predicted octanol–water partition coefficient (Wildman–Crippen LogP) is 3.97. The van der Waals surface area contributed by atoms with Gasteiger partial charge in [0.2, 0.25) is 0 Å². The van der Waals surface area contributed by atoms with E-state index in [0.29, 0.717) is 6.04 Å². The summed E-state index contributed by atoms with van der Waals surface area (Å²) in [5, 5.41) is 0. The van der Waals surface area contributed by atoms with Gasteiger partial charge in [0.1, 0.15) is 0 Å². The molecule has 0 amide bonds. The van der Waals surface area contributed by atoms with E-state index >= 15 is 0 Å². The van der Waals surface area contributed by atoms with Crippen LogP contribution in [0, 0.1) is 29.6 Å². The van der Waals surface area contributed by atoms with Crippen LogP contribution < -0.4 is 5.73 Å². The molecule has 3 fully saturated rings. The fourth-order valence-corrected chi connectivity index (χ4v) is 5.33. The number of nitrogens with two attached hydrogens (primary N) is 1. The van der Waals surface area contributed by atoms with Gasteiger partial charge >= 0.3 is 0 Å². The van der Waals surface area contributed by atoms with Gasteiger partial charge in [0.25, 0.3) is 0 Å². The first-order chi connectivity index (χ1) is 8.29. The molecular formula is C16H29N. The zero-order valence-corrected chi connectivity index (χ0v) is 11.4. The molecule has 0 aromatic heterocycles. The van der Waals surface area contributed by atoms with Gasteiger partial charge in [0.15, 0.2) is 0 Å². The standard InChI is InChI=1S/C16H29N/c1-2-12-5-3-4-6-14(12)16(17)15-10-11-7-8-13(15)9-11/h11-16H,2-10,17H2,1H3. The lowest BCUT2D eigenvalue weighted by atomic mass is 9.68. The Morgan fingerprint density at radius 3 is 2.47 bits per heavy atom. The van der Waals surface area contributed by atoms with E-state index in [2.05, 4.69) is 6.92 Å². The Morgan fingerprint density at radius 2 is 1.82 bits per heavy atom. The number of fused-ring (bicyclic) bond motifs is 2. The molecule has 17 heavy (non-hydrogen) atoms. The summed E-state index contributed by atoms with van der Waals surface area (Å²) in [4.78, 5) is 0. The van der Waals surface area contributed by atoms with E-state index in [4.69, 9.17) is 5.73 Å². The molecule has 3 rings (SSSR count). The molecule has 3 saturated carbocycles. The molecule has 3 aliphatic rings. The quantitative estimate of drug-likeness (QED) is 0.787. The monoisotopic (exact) mass is 235 g/mol. The molecule has 0 heterocycles. The second-order valence-corrected chi connectivity index (χ2v) is 7.03. The molecule has 6 atom stereocenters. The van der Waals surface area contributed by atoms with E-state index in [9.17, 15) is 0 Å². The van der Waals surface area contributed by atoms with E-state index < -0.39 is 0 Å². The topological polar surface area (TPSA) is 26.0 Å². The summed E-state index contributed by atoms with van der Waals surface area (Å²) in [5.74, 6) is 4.76. The lowest BCUT2D eigenvalue weighted by molar-refractivity contribution is 0.135. The molecule has 3 aliphatic carbocycles. The minimum absolute atomic E-state index is 0.538. The minimum Gasteiger partial charge on any atom is -0.327 e. The summed E-state index contributed by atoms with van der Waals surface area (Å²) in [6.07, 6.45) is 13.1. The number of hydrogen-bond donors (Lipinski definition) is 1. The van der Waals surface area contributed by atoms with Gasteiger partial charge in [-0.1, -0.05) is 39.0 Å². The number of rotatable bonds is 3. The third-order valence-electron chi connectivity index (χ3n) is 6.27. The minimum atomic E-state index is 0.538. The van der Waals surface area contributed by atoms with Crippen LogP contribution in [0.5, 0.6) is 0 Å². The van der Waals surface area contributed by atoms with Crippen LogP contribution in [0.4, 0.5) is 0 Å². The van der Waals surface area contributed by atoms with Crippen LogP contribution in [-0.2, 0) is 0 Å². The molecule has 0 aliphatic heterocycles. The van der Waals surface area contributed by atoms with Crippen molar-refractivity contribution in [1.82, 2.24) is 0 Å². The van der Waals surface area contributed by atoms with E-state index in [1.54, 1.807) is 0 Å². The maximum atomic E-state index is 6.71. The number of hydrogen-bond acceptors (Lipinski definition) is 1. The maximum absolute atomic E-state index is 6.71. The summed E-state index contributed by atoms with van der Waals surface area (Å²) in [5.41, 5.74) is 6.71. The summed E-state index contributed by atoms with van der Waals surface area (Å²) in [7, 11) is 0. The Hall–Kier alpha value is -0.0400. The third-order valence-corrected chi connectivity index (χ3v) is 6.27. The zero-order chi connectivity index (χ0) is 11.8. The highest BCUT2D eigenvalue weighted by Gasteiger charge is 2.45. The Kier molecular flexibility index (Phi) is 3.47. The molecule has 0 spiro atoms. The Balaban J connectivity index is 1.66. The van der Waals surface area contributed by atoms with Crippen LogP contribution in [-0.4, -0.2) is 6.04 Å². The molecule has 2 bridgehead atoms. The van der Waals surface area contributed by atoms with E-state index in [1.165, 1.54) is 57.8 Å². The van der Waals surface area contributed by atoms with E-state index in [1.807, 2.05) is 0 Å². The second-order valence-electron chi connectivity index (χ2n) is 7.03. The van der Waals surface area contributed by atoms with Gasteiger partial charge in [0, 0.05) is 6.04 Å². The molecule has 1 nitrogen and oxygen atoms in total. The van der Waals surface area contributed by atoms with Crippen molar-refractivity contribution in [3.05, 3.63) is 0 Å². The largest absolute Gasteiger partial charge is 0.327 e. The Bertz CT molecular complexity index is 262. The SMILES string of the molecule is CCC1CCCCC1C(N)C1CC2CCC1C2. The molecule has 6 unspecified atom stereocenters. The smallest absolute Gasteiger partial charge is 0.0101 e. The first-order valence-electron chi connectivity index (χ1n) is 8.05. The lowest BCUT2D eigenvalue weighted by Gasteiger charge is -2.40. The van der Waals surface area contributed by atoms with E-state index in [0.717, 1.165) is 29.6 Å². The molecule has 98 valence electrons. The van der Waals surface area contributed by atoms with Gasteiger partial charge < -0.3 is 5.73 Å². The molecule has 2 N–H and O–H groups in total. The lowest BCUT2D eigenvalue weighted by Crippen LogP contribution is -2.44. The summed E-state index contributed by atoms with van der Waals surface area (Å²) < 4.78 is 0. The molecule has 0 aromatic rings. The highest BCUT2D eigenvalue weighted by Crippen LogP contribution is 2.51. The van der Waals surface area contributed by atoms with Crippen molar-refractivity contribution in [3.8, 4) is 0 Å². The van der Waals surface area contributed by atoms with Gasteiger partial charge in [-0.05, 0) is 55.3 Å². The predicted molar refractivity (Wildman–Crippen MR) is 72.7 cm³/mol. The van der Waals surface area contributed by atoms with Gasteiger partial charge in [0.05, 0.1) is 0 Å². The third kappa shape index (κ3) is 2.16. The average Bonchev–Trinajstić information content (AvgIpc) is 3.00. The summed E-state index contributed by atoms with van der Waals surface area (Å²) >= 11 is 0. The van der Waals surface area contributed by atoms with Crippen molar-refractivity contribution in [2.45, 2.75) is 70.8 Å². The molecule has 1 heteroatoms. The molecule has 0 radical (unpaired) electrons. The van der Waals surface area contributed by atoms with Crippen LogP contribution >= 0.6 is 0 Å². The van der Waals surface area contributed by atoms with Gasteiger partial charge in [-0.2, -0.15) is 0 Å². The second kappa shape index (κ2) is 4.91. The fraction of sp³-hybridized carbons (Fsp3) is 1.00. The summed E-state index contributed by atoms with van der Waals surface area (Å²) in [6, 6.07) is 0.538. The Morgan fingerprint density at radius 1 is 1.00 bits per heavy atom. The highest BCUT2D eigenvalue weighted by atomic mass is 14.7. The van der Waals surface area contributed by atoms with Crippen LogP contribution in [0.25, 0.3) is 0 Å². The van der Waals surface area contributed by atoms with Crippen molar-refractivity contribution >= 4 is 0 Å². The van der Waals surface area contributed by atoms with Crippen molar-refractivity contribution in [2.75, 3.05) is 0 Å². The van der Waals surface area contributed by atoms with Gasteiger partial charge in [-0.25, -0.2) is 0 Å². The highest BCUT2D eigenvalue weighted by molar-refractivity contribution is 4.97. The van der Waals surface area contributed by atoms with Crippen LogP contribution in [0.1, 0.15) is 64.7 Å². The molecular weight excluding hydrogens is 206 g/mol. The van der Waals surface area contributed by atoms with Crippen molar-refractivity contribution in [2.24, 2.45) is 35.3 Å². The zero-order valence-electron chi connectivity index (χ0n) is 11.4. The molecule has 0 aromatic carbocycles. The fourth-order valence-electron chi connectivity index (χ4n) is 5.33. The van der Waals surface area contributed by atoms with Crippen LogP contribution in [0.3, 0.4) is 0 Å². The first-order valence-corrected chi connectivity index (χ1v) is 8.05. The normalized spacial score (nSPS) is 47.3. The van der Waals surface area contributed by atoms with Crippen LogP contribution in [0.2, 0.25) is 0 Å². The van der Waals surface area contributed by atoms with Crippen LogP contribution in [0.15, 0.2) is 0 Å². The van der Waals surface area contributed by atoms with Gasteiger partial charge in [-0.3, -0.25) is 0 Å². The van der Waals surface area contributed by atoms with Crippen molar-refractivity contribution in [1.29, 1.82) is 0 Å². The average molecular weight is 235 g/mol. The first kappa shape index (κ1) is 12.0. The van der Waals surface area contributed by atoms with Crippen molar-refractivity contribution < 1.29 is 0 Å². The Labute approximate surface area is 107 Å². The summed E-state index contributed by atoms with van der Waals surface area (Å²) in [6.45, 7) is 2.37. The van der Waals surface area contributed by atoms with Crippen molar-refractivity contribution in [3.63, 3.8) is 0 Å². The van der Waals surface area contributed by atoms with Gasteiger partial charge in [-0.15, -0.1) is 0 Å². The molecule has 0 saturated heterocycles.